The molecule has 26 heavy (non-hydrogen) atoms. The van der Waals surface area contributed by atoms with Crippen molar-refractivity contribution in [2.75, 3.05) is 0 Å². The summed E-state index contributed by atoms with van der Waals surface area (Å²) in [6.07, 6.45) is 1.24. The van der Waals surface area contributed by atoms with E-state index in [0.29, 0.717) is 6.42 Å². The lowest BCUT2D eigenvalue weighted by molar-refractivity contribution is -0.121. The number of amides is 1. The van der Waals surface area contributed by atoms with E-state index in [0.717, 1.165) is 45.8 Å². The smallest absolute Gasteiger partial charge is 0.224 e. The molecule has 0 saturated carbocycles. The maximum absolute atomic E-state index is 12.3. The molecular weight excluding hydrogens is 324 g/mol. The fourth-order valence-corrected chi connectivity index (χ4v) is 3.26. The summed E-state index contributed by atoms with van der Waals surface area (Å²) < 4.78 is 1.87. The van der Waals surface area contributed by atoms with E-state index in [1.807, 2.05) is 50.4 Å². The Morgan fingerprint density at radius 2 is 1.85 bits per heavy atom. The highest BCUT2D eigenvalue weighted by molar-refractivity contribution is 5.82. The Labute approximate surface area is 154 Å². The van der Waals surface area contributed by atoms with Gasteiger partial charge in [-0.3, -0.25) is 4.79 Å². The summed E-state index contributed by atoms with van der Waals surface area (Å²) in [7, 11) is 0. The molecule has 0 radical (unpaired) electrons. The van der Waals surface area contributed by atoms with Gasteiger partial charge in [0.05, 0.1) is 12.1 Å². The minimum atomic E-state index is 0.0267. The molecule has 3 aromatic rings. The molecule has 2 heterocycles. The third-order valence-electron chi connectivity index (χ3n) is 4.92. The number of rotatable bonds is 5. The number of fused-ring (bicyclic) bond motifs is 1. The van der Waals surface area contributed by atoms with Gasteiger partial charge in [-0.05, 0) is 39.7 Å². The second-order valence-electron chi connectivity index (χ2n) is 6.88. The Balaban J connectivity index is 2.06. The average Bonchev–Trinajstić information content (AvgIpc) is 2.95. The minimum absolute atomic E-state index is 0.0267. The second kappa shape index (κ2) is 7.28. The number of aromatic nitrogens is 3. The van der Waals surface area contributed by atoms with Crippen molar-refractivity contribution < 1.29 is 4.79 Å². The van der Waals surface area contributed by atoms with Crippen LogP contribution in [0.25, 0.3) is 16.8 Å². The molecule has 1 aromatic carbocycles. The average molecular weight is 350 g/mol. The van der Waals surface area contributed by atoms with E-state index < -0.39 is 0 Å². The van der Waals surface area contributed by atoms with Crippen LogP contribution in [0, 0.1) is 20.8 Å². The molecule has 136 valence electrons. The molecule has 0 aliphatic rings. The quantitative estimate of drug-likeness (QED) is 0.762. The molecule has 0 saturated heterocycles. The fourth-order valence-electron chi connectivity index (χ4n) is 3.26. The van der Waals surface area contributed by atoms with E-state index in [1.54, 1.807) is 0 Å². The molecule has 2 aromatic heterocycles. The largest absolute Gasteiger partial charge is 0.353 e. The van der Waals surface area contributed by atoms with Gasteiger partial charge < -0.3 is 5.32 Å². The lowest BCUT2D eigenvalue weighted by Gasteiger charge is -2.14. The van der Waals surface area contributed by atoms with Crippen LogP contribution in [-0.2, 0) is 11.2 Å². The van der Waals surface area contributed by atoms with Gasteiger partial charge in [0.1, 0.15) is 0 Å². The molecule has 0 spiro atoms. The van der Waals surface area contributed by atoms with Crippen molar-refractivity contribution in [3.63, 3.8) is 0 Å². The van der Waals surface area contributed by atoms with E-state index in [2.05, 4.69) is 24.4 Å². The summed E-state index contributed by atoms with van der Waals surface area (Å²) in [6, 6.07) is 10.4. The van der Waals surface area contributed by atoms with Crippen molar-refractivity contribution in [1.82, 2.24) is 19.9 Å². The van der Waals surface area contributed by atoms with E-state index >= 15 is 0 Å². The number of nitrogens with zero attached hydrogens (tertiary/aromatic N) is 3. The molecule has 5 heteroatoms. The van der Waals surface area contributed by atoms with Gasteiger partial charge in [0.15, 0.2) is 5.65 Å². The van der Waals surface area contributed by atoms with Crippen molar-refractivity contribution in [1.29, 1.82) is 0 Å². The van der Waals surface area contributed by atoms with Crippen LogP contribution in [0.4, 0.5) is 0 Å². The van der Waals surface area contributed by atoms with E-state index in [4.69, 9.17) is 10.1 Å². The number of carbonyl (C=O) groups is 1. The van der Waals surface area contributed by atoms with E-state index in [-0.39, 0.29) is 11.9 Å². The molecule has 1 amide bonds. The van der Waals surface area contributed by atoms with Gasteiger partial charge in [-0.1, -0.05) is 37.3 Å². The zero-order valence-corrected chi connectivity index (χ0v) is 16.1. The van der Waals surface area contributed by atoms with Crippen LogP contribution >= 0.6 is 0 Å². The third-order valence-corrected chi connectivity index (χ3v) is 4.92. The van der Waals surface area contributed by atoms with E-state index in [9.17, 15) is 4.79 Å². The van der Waals surface area contributed by atoms with Gasteiger partial charge in [0, 0.05) is 28.6 Å². The van der Waals surface area contributed by atoms with Crippen molar-refractivity contribution >= 4 is 11.6 Å². The predicted molar refractivity (Wildman–Crippen MR) is 104 cm³/mol. The van der Waals surface area contributed by atoms with Gasteiger partial charge in [0.2, 0.25) is 5.91 Å². The van der Waals surface area contributed by atoms with Crippen molar-refractivity contribution in [2.45, 2.75) is 53.5 Å². The maximum Gasteiger partial charge on any atom is 0.224 e. The maximum atomic E-state index is 12.3. The highest BCUT2D eigenvalue weighted by Crippen LogP contribution is 2.29. The monoisotopic (exact) mass is 350 g/mol. The number of carbonyl (C=O) groups excluding carboxylic acids is 1. The van der Waals surface area contributed by atoms with Crippen LogP contribution in [-0.4, -0.2) is 26.5 Å². The summed E-state index contributed by atoms with van der Waals surface area (Å²) in [5, 5.41) is 7.72. The summed E-state index contributed by atoms with van der Waals surface area (Å²) >= 11 is 0. The Kier molecular flexibility index (Phi) is 5.07. The lowest BCUT2D eigenvalue weighted by Crippen LogP contribution is -2.33. The van der Waals surface area contributed by atoms with Crippen LogP contribution in [0.1, 0.15) is 42.9 Å². The van der Waals surface area contributed by atoms with E-state index in [1.165, 1.54) is 0 Å². The molecule has 3 rings (SSSR count). The standard InChI is InChI=1S/C21H26N4O/c1-6-13(2)22-19(26)12-18-14(3)23-21-20(17-10-8-7-9-11-17)15(4)24-25(21)16(18)5/h7-11,13H,6,12H2,1-5H3,(H,22,26). The first-order valence-corrected chi connectivity index (χ1v) is 9.12. The van der Waals surface area contributed by atoms with Gasteiger partial charge in [-0.25, -0.2) is 9.50 Å². The fraction of sp³-hybridized carbons (Fsp3) is 0.381. The predicted octanol–water partition coefficient (Wildman–Crippen LogP) is 3.78. The van der Waals surface area contributed by atoms with Crippen LogP contribution in [0.15, 0.2) is 30.3 Å². The van der Waals surface area contributed by atoms with Gasteiger partial charge in [-0.2, -0.15) is 5.10 Å². The third kappa shape index (κ3) is 3.34. The van der Waals surface area contributed by atoms with Crippen LogP contribution in [0.5, 0.6) is 0 Å². The minimum Gasteiger partial charge on any atom is -0.353 e. The summed E-state index contributed by atoms with van der Waals surface area (Å²) in [4.78, 5) is 17.2. The molecule has 5 nitrogen and oxygen atoms in total. The Morgan fingerprint density at radius 3 is 2.50 bits per heavy atom. The lowest BCUT2D eigenvalue weighted by atomic mass is 10.1. The van der Waals surface area contributed by atoms with Crippen molar-refractivity contribution in [3.8, 4) is 11.1 Å². The van der Waals surface area contributed by atoms with Crippen molar-refractivity contribution in [2.24, 2.45) is 0 Å². The summed E-state index contributed by atoms with van der Waals surface area (Å²) in [6.45, 7) is 10.1. The zero-order chi connectivity index (χ0) is 18.8. The Morgan fingerprint density at radius 1 is 1.15 bits per heavy atom. The topological polar surface area (TPSA) is 59.3 Å². The SMILES string of the molecule is CCC(C)NC(=O)Cc1c(C)nc2c(-c3ccccc3)c(C)nn2c1C. The molecule has 1 unspecified atom stereocenters. The Hall–Kier alpha value is -2.69. The van der Waals surface area contributed by atoms with Gasteiger partial charge in [-0.15, -0.1) is 0 Å². The first-order chi connectivity index (χ1) is 12.4. The van der Waals surface area contributed by atoms with Gasteiger partial charge in [0.25, 0.3) is 0 Å². The second-order valence-corrected chi connectivity index (χ2v) is 6.88. The zero-order valence-electron chi connectivity index (χ0n) is 16.1. The van der Waals surface area contributed by atoms with Gasteiger partial charge >= 0.3 is 0 Å². The number of hydrogen-bond donors (Lipinski definition) is 1. The molecule has 0 bridgehead atoms. The summed E-state index contributed by atoms with van der Waals surface area (Å²) in [5.74, 6) is 0.0267. The van der Waals surface area contributed by atoms with Crippen LogP contribution in [0.2, 0.25) is 0 Å². The van der Waals surface area contributed by atoms with Crippen molar-refractivity contribution in [3.05, 3.63) is 53.0 Å². The molecule has 1 N–H and O–H groups in total. The summed E-state index contributed by atoms with van der Waals surface area (Å²) in [5.41, 5.74) is 6.73. The molecule has 0 aliphatic heterocycles. The number of nitrogens with one attached hydrogen (secondary N) is 1. The number of benzene rings is 1. The number of aryl methyl sites for hydroxylation is 3. The normalized spacial score (nSPS) is 12.3. The van der Waals surface area contributed by atoms with Crippen LogP contribution in [0.3, 0.4) is 0 Å². The first kappa shape index (κ1) is 18.1. The molecule has 0 aliphatic carbocycles. The molecule has 1 atom stereocenters. The molecular formula is C21H26N4O. The number of hydrogen-bond acceptors (Lipinski definition) is 3. The molecule has 0 fully saturated rings. The van der Waals surface area contributed by atoms with Crippen LogP contribution < -0.4 is 5.32 Å². The first-order valence-electron chi connectivity index (χ1n) is 9.12. The highest BCUT2D eigenvalue weighted by Gasteiger charge is 2.19. The highest BCUT2D eigenvalue weighted by atomic mass is 16.1. The Bertz CT molecular complexity index is 944.